The Hall–Kier alpha value is -1.64. The van der Waals surface area contributed by atoms with Crippen LogP contribution in [0.25, 0.3) is 0 Å². The van der Waals surface area contributed by atoms with Gasteiger partial charge in [-0.2, -0.15) is 5.10 Å². The first kappa shape index (κ1) is 14.4. The maximum absolute atomic E-state index is 11.9. The van der Waals surface area contributed by atoms with E-state index in [1.165, 1.54) is 5.56 Å². The summed E-state index contributed by atoms with van der Waals surface area (Å²) in [6.45, 7) is 2.03. The largest absolute Gasteiger partial charge is 0.303 e. The van der Waals surface area contributed by atoms with Crippen molar-refractivity contribution in [1.29, 1.82) is 0 Å². The van der Waals surface area contributed by atoms with Crippen LogP contribution in [-0.2, 0) is 0 Å². The standard InChI is InChI=1S/C15H22N2O/c1-13-8-10-14(11-9-13)15(18)7-5-4-6-12-16-17(2)3/h8-12H,4-7H2,1-3H3/b16-12+. The molecule has 0 aromatic heterocycles. The van der Waals surface area contributed by atoms with E-state index in [0.29, 0.717) is 6.42 Å². The first-order valence-corrected chi connectivity index (χ1v) is 6.39. The zero-order valence-corrected chi connectivity index (χ0v) is 11.5. The minimum absolute atomic E-state index is 0.236. The van der Waals surface area contributed by atoms with E-state index in [9.17, 15) is 4.79 Å². The predicted molar refractivity (Wildman–Crippen MR) is 76.2 cm³/mol. The van der Waals surface area contributed by atoms with Crippen molar-refractivity contribution < 1.29 is 4.79 Å². The van der Waals surface area contributed by atoms with E-state index in [4.69, 9.17) is 0 Å². The smallest absolute Gasteiger partial charge is 0.162 e. The zero-order chi connectivity index (χ0) is 13.4. The summed E-state index contributed by atoms with van der Waals surface area (Å²) in [5.74, 6) is 0.236. The molecule has 1 aromatic rings. The van der Waals surface area contributed by atoms with E-state index in [-0.39, 0.29) is 5.78 Å². The van der Waals surface area contributed by atoms with Crippen LogP contribution < -0.4 is 0 Å². The molecule has 0 amide bonds. The fraction of sp³-hybridized carbons (Fsp3) is 0.467. The van der Waals surface area contributed by atoms with Crippen LogP contribution in [0.2, 0.25) is 0 Å². The van der Waals surface area contributed by atoms with Gasteiger partial charge in [0.1, 0.15) is 0 Å². The number of rotatable bonds is 7. The number of benzene rings is 1. The number of hydrogen-bond acceptors (Lipinski definition) is 3. The molecule has 1 aromatic carbocycles. The quantitative estimate of drug-likeness (QED) is 0.320. The van der Waals surface area contributed by atoms with E-state index in [1.54, 1.807) is 5.01 Å². The van der Waals surface area contributed by atoms with E-state index in [2.05, 4.69) is 5.10 Å². The number of ketones is 1. The van der Waals surface area contributed by atoms with Crippen molar-refractivity contribution in [3.63, 3.8) is 0 Å². The first-order valence-electron chi connectivity index (χ1n) is 6.39. The molecule has 0 heterocycles. The number of Topliss-reactive ketones (excluding diaryl/α,β-unsaturated/α-hetero) is 1. The molecule has 0 unspecified atom stereocenters. The van der Waals surface area contributed by atoms with Gasteiger partial charge in [0, 0.05) is 32.3 Å². The van der Waals surface area contributed by atoms with Crippen molar-refractivity contribution >= 4 is 12.0 Å². The lowest BCUT2D eigenvalue weighted by Gasteiger charge is -2.03. The van der Waals surface area contributed by atoms with Gasteiger partial charge in [0.05, 0.1) is 0 Å². The van der Waals surface area contributed by atoms with Gasteiger partial charge in [0.2, 0.25) is 0 Å². The lowest BCUT2D eigenvalue weighted by atomic mass is 10.0. The van der Waals surface area contributed by atoms with E-state index >= 15 is 0 Å². The average molecular weight is 246 g/mol. The van der Waals surface area contributed by atoms with E-state index < -0.39 is 0 Å². The molecule has 0 aliphatic rings. The highest BCUT2D eigenvalue weighted by Gasteiger charge is 2.04. The number of unbranched alkanes of at least 4 members (excludes halogenated alkanes) is 2. The molecule has 0 bridgehead atoms. The molecule has 0 aliphatic carbocycles. The first-order chi connectivity index (χ1) is 8.59. The Labute approximate surface area is 110 Å². The van der Waals surface area contributed by atoms with Crippen LogP contribution >= 0.6 is 0 Å². The molecule has 0 saturated heterocycles. The summed E-state index contributed by atoms with van der Waals surface area (Å²) >= 11 is 0. The third kappa shape index (κ3) is 5.62. The Kier molecular flexibility index (Phi) is 6.12. The van der Waals surface area contributed by atoms with Gasteiger partial charge in [0.15, 0.2) is 5.78 Å². The van der Waals surface area contributed by atoms with Crippen LogP contribution in [-0.4, -0.2) is 31.1 Å². The molecular formula is C15H22N2O. The summed E-state index contributed by atoms with van der Waals surface area (Å²) in [6.07, 6.45) is 5.38. The lowest BCUT2D eigenvalue weighted by molar-refractivity contribution is 0.0979. The molecule has 0 saturated carbocycles. The highest BCUT2D eigenvalue weighted by molar-refractivity contribution is 5.96. The number of nitrogens with zero attached hydrogens (tertiary/aromatic N) is 2. The van der Waals surface area contributed by atoms with Gasteiger partial charge in [0.25, 0.3) is 0 Å². The molecule has 3 heteroatoms. The number of hydrazone groups is 1. The molecular weight excluding hydrogens is 224 g/mol. The average Bonchev–Trinajstić information content (AvgIpc) is 2.34. The predicted octanol–water partition coefficient (Wildman–Crippen LogP) is 3.29. The third-order valence-corrected chi connectivity index (χ3v) is 2.67. The number of carbonyl (C=O) groups is 1. The van der Waals surface area contributed by atoms with Crippen LogP contribution in [0.1, 0.15) is 41.6 Å². The van der Waals surface area contributed by atoms with Gasteiger partial charge in [-0.05, 0) is 26.2 Å². The van der Waals surface area contributed by atoms with Gasteiger partial charge < -0.3 is 5.01 Å². The van der Waals surface area contributed by atoms with Crippen molar-refractivity contribution in [2.45, 2.75) is 32.6 Å². The summed E-state index contributed by atoms with van der Waals surface area (Å²) in [4.78, 5) is 11.9. The van der Waals surface area contributed by atoms with Crippen LogP contribution in [0.4, 0.5) is 0 Å². The second kappa shape index (κ2) is 7.64. The van der Waals surface area contributed by atoms with E-state index in [0.717, 1.165) is 24.8 Å². The molecule has 0 atom stereocenters. The number of aryl methyl sites for hydroxylation is 1. The van der Waals surface area contributed by atoms with Crippen LogP contribution in [0.3, 0.4) is 0 Å². The Balaban J connectivity index is 2.23. The van der Waals surface area contributed by atoms with Gasteiger partial charge in [-0.1, -0.05) is 29.8 Å². The van der Waals surface area contributed by atoms with Gasteiger partial charge >= 0.3 is 0 Å². The normalized spacial score (nSPS) is 10.8. The Morgan fingerprint density at radius 2 is 1.89 bits per heavy atom. The number of hydrogen-bond donors (Lipinski definition) is 0. The fourth-order valence-corrected chi connectivity index (χ4v) is 1.63. The van der Waals surface area contributed by atoms with Gasteiger partial charge in [-0.3, -0.25) is 4.79 Å². The van der Waals surface area contributed by atoms with Crippen molar-refractivity contribution in [3.8, 4) is 0 Å². The van der Waals surface area contributed by atoms with Crippen molar-refractivity contribution in [3.05, 3.63) is 35.4 Å². The summed E-state index contributed by atoms with van der Waals surface area (Å²) in [7, 11) is 3.80. The monoisotopic (exact) mass is 246 g/mol. The van der Waals surface area contributed by atoms with Crippen molar-refractivity contribution in [2.75, 3.05) is 14.1 Å². The Morgan fingerprint density at radius 3 is 2.50 bits per heavy atom. The molecule has 0 radical (unpaired) electrons. The molecule has 18 heavy (non-hydrogen) atoms. The van der Waals surface area contributed by atoms with Gasteiger partial charge in [-0.25, -0.2) is 0 Å². The van der Waals surface area contributed by atoms with Gasteiger partial charge in [-0.15, -0.1) is 0 Å². The SMILES string of the molecule is Cc1ccc(C(=O)CCCC/C=N/N(C)C)cc1. The highest BCUT2D eigenvalue weighted by atomic mass is 16.1. The zero-order valence-electron chi connectivity index (χ0n) is 11.5. The second-order valence-electron chi connectivity index (χ2n) is 4.68. The Bertz CT molecular complexity index is 393. The summed E-state index contributed by atoms with van der Waals surface area (Å²) in [5.41, 5.74) is 2.01. The highest BCUT2D eigenvalue weighted by Crippen LogP contribution is 2.09. The van der Waals surface area contributed by atoms with Crippen LogP contribution in [0, 0.1) is 6.92 Å². The van der Waals surface area contributed by atoms with Crippen molar-refractivity contribution in [1.82, 2.24) is 5.01 Å². The minimum Gasteiger partial charge on any atom is -0.303 e. The fourth-order valence-electron chi connectivity index (χ4n) is 1.63. The summed E-state index contributed by atoms with van der Waals surface area (Å²) in [6, 6.07) is 7.78. The number of carbonyl (C=O) groups excluding carboxylic acids is 1. The summed E-state index contributed by atoms with van der Waals surface area (Å²) < 4.78 is 0. The third-order valence-electron chi connectivity index (χ3n) is 2.67. The maximum atomic E-state index is 11.9. The molecule has 0 aliphatic heterocycles. The molecule has 98 valence electrons. The molecule has 0 fully saturated rings. The molecule has 1 rings (SSSR count). The Morgan fingerprint density at radius 1 is 1.22 bits per heavy atom. The van der Waals surface area contributed by atoms with Crippen molar-refractivity contribution in [2.24, 2.45) is 5.10 Å². The molecule has 3 nitrogen and oxygen atoms in total. The second-order valence-corrected chi connectivity index (χ2v) is 4.68. The van der Waals surface area contributed by atoms with Crippen LogP contribution in [0.5, 0.6) is 0 Å². The van der Waals surface area contributed by atoms with Crippen LogP contribution in [0.15, 0.2) is 29.4 Å². The molecule has 0 N–H and O–H groups in total. The topological polar surface area (TPSA) is 32.7 Å². The minimum atomic E-state index is 0.236. The maximum Gasteiger partial charge on any atom is 0.162 e. The summed E-state index contributed by atoms with van der Waals surface area (Å²) in [5, 5.41) is 5.91. The van der Waals surface area contributed by atoms with E-state index in [1.807, 2.05) is 51.5 Å². The lowest BCUT2D eigenvalue weighted by Crippen LogP contribution is -2.02. The molecule has 0 spiro atoms.